The first kappa shape index (κ1) is 29.3. The maximum absolute atomic E-state index is 14.0. The Balaban J connectivity index is 1.70. The number of hydrogen-bond acceptors (Lipinski definition) is 4. The highest BCUT2D eigenvalue weighted by molar-refractivity contribution is 7.92. The van der Waals surface area contributed by atoms with Gasteiger partial charge in [-0.3, -0.25) is 13.9 Å². The molecule has 4 rings (SSSR count). The zero-order chi connectivity index (χ0) is 28.5. The fourth-order valence-electron chi connectivity index (χ4n) is 5.09. The number of para-hydroxylation sites is 1. The normalized spacial score (nSPS) is 14.8. The first-order chi connectivity index (χ1) is 19.2. The largest absolute Gasteiger partial charge is 0.352 e. The summed E-state index contributed by atoms with van der Waals surface area (Å²) in [6, 6.07) is 22.7. The Hall–Kier alpha value is -3.72. The van der Waals surface area contributed by atoms with Gasteiger partial charge in [-0.25, -0.2) is 12.8 Å². The third kappa shape index (κ3) is 8.14. The van der Waals surface area contributed by atoms with E-state index in [9.17, 15) is 22.4 Å². The van der Waals surface area contributed by atoms with Gasteiger partial charge in [0.15, 0.2) is 0 Å². The Kier molecular flexibility index (Phi) is 9.93. The average molecular weight is 566 g/mol. The molecule has 1 unspecified atom stereocenters. The SMILES string of the molecule is CS(=O)(=O)N(CC(=O)N(Cc1ccc(F)cc1)C(Cc1ccccc1)C(=O)NC1CCCCC1)c1ccccc1. The van der Waals surface area contributed by atoms with Gasteiger partial charge in [0, 0.05) is 19.0 Å². The molecule has 40 heavy (non-hydrogen) atoms. The molecule has 1 saturated carbocycles. The van der Waals surface area contributed by atoms with Crippen LogP contribution in [0.2, 0.25) is 0 Å². The summed E-state index contributed by atoms with van der Waals surface area (Å²) in [6.07, 6.45) is 6.26. The van der Waals surface area contributed by atoms with Crippen molar-refractivity contribution in [3.63, 3.8) is 0 Å². The van der Waals surface area contributed by atoms with Gasteiger partial charge in [-0.15, -0.1) is 0 Å². The summed E-state index contributed by atoms with van der Waals surface area (Å²) in [5.74, 6) is -1.22. The fraction of sp³-hybridized carbons (Fsp3) is 0.355. The molecule has 3 aromatic rings. The Labute approximate surface area is 236 Å². The number of nitrogens with one attached hydrogen (secondary N) is 1. The summed E-state index contributed by atoms with van der Waals surface area (Å²) in [5, 5.41) is 3.16. The van der Waals surface area contributed by atoms with Crippen LogP contribution in [0.3, 0.4) is 0 Å². The highest BCUT2D eigenvalue weighted by Crippen LogP contribution is 2.22. The summed E-state index contributed by atoms with van der Waals surface area (Å²) >= 11 is 0. The van der Waals surface area contributed by atoms with Gasteiger partial charge in [-0.2, -0.15) is 0 Å². The standard InChI is InChI=1S/C31H36FN3O4S/c1-40(38,39)35(28-15-9-4-10-16-28)23-30(36)34(22-25-17-19-26(32)20-18-25)29(21-24-11-5-2-6-12-24)31(37)33-27-13-7-3-8-14-27/h2,4-6,9-12,15-20,27,29H,3,7-8,13-14,21-23H2,1H3,(H,33,37). The van der Waals surface area contributed by atoms with Crippen molar-refractivity contribution >= 4 is 27.5 Å². The third-order valence-electron chi connectivity index (χ3n) is 7.21. The summed E-state index contributed by atoms with van der Waals surface area (Å²) in [6.45, 7) is -0.465. The second-order valence-electron chi connectivity index (χ2n) is 10.3. The lowest BCUT2D eigenvalue weighted by Crippen LogP contribution is -2.55. The van der Waals surface area contributed by atoms with Gasteiger partial charge < -0.3 is 10.2 Å². The van der Waals surface area contributed by atoms with Crippen LogP contribution in [0, 0.1) is 5.82 Å². The van der Waals surface area contributed by atoms with Crippen LogP contribution in [0.1, 0.15) is 43.2 Å². The molecule has 0 saturated heterocycles. The van der Waals surface area contributed by atoms with Gasteiger partial charge in [-0.05, 0) is 48.2 Å². The minimum absolute atomic E-state index is 0.0150. The lowest BCUT2D eigenvalue weighted by atomic mass is 9.94. The van der Waals surface area contributed by atoms with Crippen LogP contribution >= 0.6 is 0 Å². The summed E-state index contributed by atoms with van der Waals surface area (Å²) < 4.78 is 40.3. The van der Waals surface area contributed by atoms with Crippen molar-refractivity contribution in [1.82, 2.24) is 10.2 Å². The van der Waals surface area contributed by atoms with Gasteiger partial charge in [0.2, 0.25) is 21.8 Å². The Bertz CT molecular complexity index is 1360. The predicted octanol–water partition coefficient (Wildman–Crippen LogP) is 4.68. The second kappa shape index (κ2) is 13.6. The zero-order valence-electron chi connectivity index (χ0n) is 22.7. The molecule has 0 heterocycles. The number of rotatable bonds is 11. The van der Waals surface area contributed by atoms with Crippen LogP contribution in [0.5, 0.6) is 0 Å². The van der Waals surface area contributed by atoms with Gasteiger partial charge >= 0.3 is 0 Å². The van der Waals surface area contributed by atoms with E-state index in [1.165, 1.54) is 17.0 Å². The van der Waals surface area contributed by atoms with Crippen molar-refractivity contribution in [3.05, 3.63) is 102 Å². The van der Waals surface area contributed by atoms with Crippen molar-refractivity contribution in [3.8, 4) is 0 Å². The van der Waals surface area contributed by atoms with Gasteiger partial charge in [0.05, 0.1) is 11.9 Å². The van der Waals surface area contributed by atoms with Crippen molar-refractivity contribution in [2.24, 2.45) is 0 Å². The molecule has 1 aliphatic rings. The number of benzene rings is 3. The number of hydrogen-bond donors (Lipinski definition) is 1. The molecule has 1 N–H and O–H groups in total. The molecule has 0 radical (unpaired) electrons. The average Bonchev–Trinajstić information content (AvgIpc) is 2.95. The molecule has 1 fully saturated rings. The van der Waals surface area contributed by atoms with E-state index in [2.05, 4.69) is 5.32 Å². The van der Waals surface area contributed by atoms with E-state index in [0.29, 0.717) is 11.3 Å². The molecule has 3 aromatic carbocycles. The number of carbonyl (C=O) groups excluding carboxylic acids is 2. The molecule has 2 amide bonds. The molecule has 0 bridgehead atoms. The third-order valence-corrected chi connectivity index (χ3v) is 8.35. The van der Waals surface area contributed by atoms with E-state index in [1.807, 2.05) is 30.3 Å². The van der Waals surface area contributed by atoms with Crippen LogP contribution in [0.4, 0.5) is 10.1 Å². The summed E-state index contributed by atoms with van der Waals surface area (Å²) in [4.78, 5) is 29.3. The van der Waals surface area contributed by atoms with E-state index >= 15 is 0 Å². The quantitative estimate of drug-likeness (QED) is 0.366. The molecule has 1 atom stereocenters. The first-order valence-electron chi connectivity index (χ1n) is 13.6. The van der Waals surface area contributed by atoms with Crippen LogP contribution in [0.15, 0.2) is 84.9 Å². The lowest BCUT2D eigenvalue weighted by Gasteiger charge is -2.35. The van der Waals surface area contributed by atoms with Gasteiger partial charge in [0.1, 0.15) is 18.4 Å². The van der Waals surface area contributed by atoms with E-state index in [4.69, 9.17) is 0 Å². The minimum Gasteiger partial charge on any atom is -0.352 e. The van der Waals surface area contributed by atoms with Crippen LogP contribution in [-0.2, 0) is 32.6 Å². The van der Waals surface area contributed by atoms with Crippen LogP contribution in [0.25, 0.3) is 0 Å². The maximum atomic E-state index is 14.0. The first-order valence-corrected chi connectivity index (χ1v) is 15.5. The molecular formula is C31H36FN3O4S. The summed E-state index contributed by atoms with van der Waals surface area (Å²) in [7, 11) is -3.82. The highest BCUT2D eigenvalue weighted by Gasteiger charge is 2.34. The number of amides is 2. The fourth-order valence-corrected chi connectivity index (χ4v) is 5.94. The van der Waals surface area contributed by atoms with Crippen LogP contribution in [-0.4, -0.2) is 50.0 Å². The Morgan fingerprint density at radius 1 is 0.875 bits per heavy atom. The van der Waals surface area contributed by atoms with E-state index in [-0.39, 0.29) is 24.9 Å². The van der Waals surface area contributed by atoms with E-state index in [1.54, 1.807) is 42.5 Å². The van der Waals surface area contributed by atoms with Crippen molar-refractivity contribution in [2.75, 3.05) is 17.1 Å². The second-order valence-corrected chi connectivity index (χ2v) is 12.2. The molecule has 1 aliphatic carbocycles. The summed E-state index contributed by atoms with van der Waals surface area (Å²) in [5.41, 5.74) is 1.85. The van der Waals surface area contributed by atoms with Gasteiger partial charge in [0.25, 0.3) is 0 Å². The number of carbonyl (C=O) groups is 2. The van der Waals surface area contributed by atoms with Crippen molar-refractivity contribution in [1.29, 1.82) is 0 Å². The lowest BCUT2D eigenvalue weighted by molar-refractivity contribution is -0.140. The molecular weight excluding hydrogens is 529 g/mol. The topological polar surface area (TPSA) is 86.8 Å². The number of halogens is 1. The van der Waals surface area contributed by atoms with E-state index in [0.717, 1.165) is 48.2 Å². The smallest absolute Gasteiger partial charge is 0.244 e. The number of nitrogens with zero attached hydrogens (tertiary/aromatic N) is 2. The van der Waals surface area contributed by atoms with Crippen LogP contribution < -0.4 is 9.62 Å². The molecule has 0 spiro atoms. The van der Waals surface area contributed by atoms with E-state index < -0.39 is 34.3 Å². The molecule has 0 aliphatic heterocycles. The molecule has 7 nitrogen and oxygen atoms in total. The zero-order valence-corrected chi connectivity index (χ0v) is 23.5. The Morgan fingerprint density at radius 3 is 2.08 bits per heavy atom. The Morgan fingerprint density at radius 2 is 1.48 bits per heavy atom. The van der Waals surface area contributed by atoms with Crippen molar-refractivity contribution < 1.29 is 22.4 Å². The minimum atomic E-state index is -3.82. The number of anilines is 1. The molecule has 9 heteroatoms. The van der Waals surface area contributed by atoms with Crippen molar-refractivity contribution in [2.45, 2.75) is 57.2 Å². The highest BCUT2D eigenvalue weighted by atomic mass is 32.2. The molecule has 0 aromatic heterocycles. The number of sulfonamides is 1. The predicted molar refractivity (Wildman–Crippen MR) is 155 cm³/mol. The monoisotopic (exact) mass is 565 g/mol. The van der Waals surface area contributed by atoms with Gasteiger partial charge in [-0.1, -0.05) is 79.9 Å². The maximum Gasteiger partial charge on any atom is 0.244 e. The molecule has 212 valence electrons.